The van der Waals surface area contributed by atoms with E-state index in [1.165, 1.54) is 6.33 Å². The van der Waals surface area contributed by atoms with Gasteiger partial charge in [-0.25, -0.2) is 23.1 Å². The van der Waals surface area contributed by atoms with Crippen molar-refractivity contribution in [3.8, 4) is 5.82 Å². The Labute approximate surface area is 184 Å². The van der Waals surface area contributed by atoms with E-state index in [4.69, 9.17) is 0 Å². The van der Waals surface area contributed by atoms with E-state index in [-0.39, 0.29) is 4.90 Å². The van der Waals surface area contributed by atoms with E-state index in [9.17, 15) is 8.42 Å². The molecule has 0 fully saturated rings. The van der Waals surface area contributed by atoms with Crippen LogP contribution in [0.25, 0.3) is 16.6 Å². The van der Waals surface area contributed by atoms with Crippen LogP contribution >= 0.6 is 0 Å². The summed E-state index contributed by atoms with van der Waals surface area (Å²) in [7, 11) is -3.74. The zero-order valence-electron chi connectivity index (χ0n) is 16.8. The molecule has 158 valence electrons. The highest BCUT2D eigenvalue weighted by atomic mass is 32.2. The molecule has 2 aromatic heterocycles. The predicted octanol–water partition coefficient (Wildman–Crippen LogP) is 4.36. The van der Waals surface area contributed by atoms with Crippen LogP contribution in [0, 0.1) is 0 Å². The Kier molecular flexibility index (Phi) is 5.00. The van der Waals surface area contributed by atoms with Gasteiger partial charge in [-0.2, -0.15) is 5.10 Å². The lowest BCUT2D eigenvalue weighted by Gasteiger charge is -2.12. The SMILES string of the molecule is O=S(=O)(Nc1ccc(Nc2cc(-n3cccn3)ncn2)cc1)c1cccc2ccccc12. The van der Waals surface area contributed by atoms with Crippen LogP contribution in [0.5, 0.6) is 0 Å². The summed E-state index contributed by atoms with van der Waals surface area (Å²) >= 11 is 0. The summed E-state index contributed by atoms with van der Waals surface area (Å²) in [6.45, 7) is 0. The molecule has 0 radical (unpaired) electrons. The summed E-state index contributed by atoms with van der Waals surface area (Å²) in [5.74, 6) is 1.22. The number of hydrogen-bond donors (Lipinski definition) is 2. The van der Waals surface area contributed by atoms with Gasteiger partial charge in [0.15, 0.2) is 5.82 Å². The molecular weight excluding hydrogens is 424 g/mol. The van der Waals surface area contributed by atoms with E-state index < -0.39 is 10.0 Å². The fourth-order valence-electron chi connectivity index (χ4n) is 3.35. The van der Waals surface area contributed by atoms with Crippen molar-refractivity contribution in [3.05, 3.63) is 97.6 Å². The maximum atomic E-state index is 13.0. The summed E-state index contributed by atoms with van der Waals surface area (Å²) in [5, 5.41) is 8.89. The molecule has 8 nitrogen and oxygen atoms in total. The number of rotatable bonds is 6. The van der Waals surface area contributed by atoms with Crippen molar-refractivity contribution in [1.29, 1.82) is 0 Å². The maximum Gasteiger partial charge on any atom is 0.262 e. The first kappa shape index (κ1) is 19.7. The Hall–Kier alpha value is -4.24. The third-order valence-electron chi connectivity index (χ3n) is 4.84. The molecule has 5 aromatic rings. The van der Waals surface area contributed by atoms with Gasteiger partial charge >= 0.3 is 0 Å². The molecule has 2 N–H and O–H groups in total. The number of hydrogen-bond acceptors (Lipinski definition) is 6. The second-order valence-corrected chi connectivity index (χ2v) is 8.65. The minimum Gasteiger partial charge on any atom is -0.340 e. The van der Waals surface area contributed by atoms with Crippen molar-refractivity contribution >= 4 is 38.0 Å². The molecule has 2 heterocycles. The van der Waals surface area contributed by atoms with Crippen LogP contribution in [0.2, 0.25) is 0 Å². The van der Waals surface area contributed by atoms with Gasteiger partial charge in [-0.15, -0.1) is 0 Å². The number of aromatic nitrogens is 4. The first-order valence-corrected chi connectivity index (χ1v) is 11.3. The molecule has 0 atom stereocenters. The molecule has 0 unspecified atom stereocenters. The van der Waals surface area contributed by atoms with Gasteiger partial charge in [0.25, 0.3) is 10.0 Å². The monoisotopic (exact) mass is 442 g/mol. The fourth-order valence-corrected chi connectivity index (χ4v) is 4.64. The van der Waals surface area contributed by atoms with Crippen LogP contribution < -0.4 is 10.0 Å². The summed E-state index contributed by atoms with van der Waals surface area (Å²) in [6, 6.07) is 23.2. The minimum atomic E-state index is -3.74. The summed E-state index contributed by atoms with van der Waals surface area (Å²) < 4.78 is 30.3. The second-order valence-electron chi connectivity index (χ2n) is 7.00. The first-order valence-electron chi connectivity index (χ1n) is 9.78. The molecule has 0 amide bonds. The van der Waals surface area contributed by atoms with Crippen LogP contribution in [0.1, 0.15) is 0 Å². The van der Waals surface area contributed by atoms with Crippen LogP contribution in [-0.2, 0) is 10.0 Å². The molecule has 3 aromatic carbocycles. The number of fused-ring (bicyclic) bond motifs is 1. The zero-order valence-corrected chi connectivity index (χ0v) is 17.6. The van der Waals surface area contributed by atoms with Gasteiger partial charge in [-0.1, -0.05) is 36.4 Å². The predicted molar refractivity (Wildman–Crippen MR) is 124 cm³/mol. The largest absolute Gasteiger partial charge is 0.340 e. The number of benzene rings is 3. The van der Waals surface area contributed by atoms with Gasteiger partial charge in [0, 0.05) is 35.2 Å². The lowest BCUT2D eigenvalue weighted by Crippen LogP contribution is -2.13. The molecular formula is C23H18N6O2S. The first-order chi connectivity index (χ1) is 15.6. The molecule has 32 heavy (non-hydrogen) atoms. The zero-order chi connectivity index (χ0) is 22.0. The maximum absolute atomic E-state index is 13.0. The number of sulfonamides is 1. The van der Waals surface area contributed by atoms with Crippen molar-refractivity contribution in [3.63, 3.8) is 0 Å². The molecule has 0 aliphatic carbocycles. The van der Waals surface area contributed by atoms with Crippen molar-refractivity contribution in [1.82, 2.24) is 19.7 Å². The number of nitrogens with zero attached hydrogens (tertiary/aromatic N) is 4. The molecule has 9 heteroatoms. The van der Waals surface area contributed by atoms with E-state index in [0.717, 1.165) is 11.1 Å². The Bertz CT molecular complexity index is 1480. The van der Waals surface area contributed by atoms with Crippen LogP contribution in [0.3, 0.4) is 0 Å². The molecule has 0 saturated carbocycles. The van der Waals surface area contributed by atoms with E-state index in [0.29, 0.717) is 22.7 Å². The molecule has 0 spiro atoms. The highest BCUT2D eigenvalue weighted by Crippen LogP contribution is 2.26. The van der Waals surface area contributed by atoms with Crippen LogP contribution in [0.15, 0.2) is 102 Å². The third-order valence-corrected chi connectivity index (χ3v) is 6.28. The smallest absolute Gasteiger partial charge is 0.262 e. The van der Waals surface area contributed by atoms with Crippen molar-refractivity contribution in [2.75, 3.05) is 10.0 Å². The Balaban J connectivity index is 1.34. The van der Waals surface area contributed by atoms with Crippen LogP contribution in [-0.4, -0.2) is 28.2 Å². The standard InChI is InChI=1S/C23H18N6O2S/c30-32(31,21-8-3-6-17-5-1-2-7-20(17)21)28-19-11-9-18(10-12-19)27-22-15-23(25-16-24-22)29-14-4-13-26-29/h1-16,28H,(H,24,25,27). The van der Waals surface area contributed by atoms with E-state index >= 15 is 0 Å². The Morgan fingerprint density at radius 2 is 1.59 bits per heavy atom. The third kappa shape index (κ3) is 4.01. The molecule has 5 rings (SSSR count). The second kappa shape index (κ2) is 8.12. The highest BCUT2D eigenvalue weighted by Gasteiger charge is 2.17. The molecule has 0 saturated heterocycles. The summed E-state index contributed by atoms with van der Waals surface area (Å²) in [5.41, 5.74) is 1.21. The molecule has 0 aliphatic heterocycles. The van der Waals surface area contributed by atoms with Crippen molar-refractivity contribution < 1.29 is 8.42 Å². The lowest BCUT2D eigenvalue weighted by atomic mass is 10.1. The van der Waals surface area contributed by atoms with Gasteiger partial charge in [-0.05, 0) is 41.8 Å². The molecule has 0 bridgehead atoms. The van der Waals surface area contributed by atoms with Crippen molar-refractivity contribution in [2.45, 2.75) is 4.90 Å². The van der Waals surface area contributed by atoms with Crippen molar-refractivity contribution in [2.24, 2.45) is 0 Å². The number of anilines is 3. The van der Waals surface area contributed by atoms with Gasteiger partial charge in [0.2, 0.25) is 0 Å². The molecule has 0 aliphatic rings. The number of nitrogens with one attached hydrogen (secondary N) is 2. The average Bonchev–Trinajstić information content (AvgIpc) is 3.35. The topological polar surface area (TPSA) is 102 Å². The van der Waals surface area contributed by atoms with Gasteiger partial charge in [0.1, 0.15) is 12.1 Å². The minimum absolute atomic E-state index is 0.241. The van der Waals surface area contributed by atoms with Crippen LogP contribution in [0.4, 0.5) is 17.2 Å². The van der Waals surface area contributed by atoms with E-state index in [1.54, 1.807) is 65.6 Å². The quantitative estimate of drug-likeness (QED) is 0.405. The Morgan fingerprint density at radius 3 is 2.41 bits per heavy atom. The van der Waals surface area contributed by atoms with E-state index in [2.05, 4.69) is 25.1 Å². The highest BCUT2D eigenvalue weighted by molar-refractivity contribution is 7.93. The van der Waals surface area contributed by atoms with Gasteiger partial charge in [-0.3, -0.25) is 4.72 Å². The lowest BCUT2D eigenvalue weighted by molar-refractivity contribution is 0.602. The normalized spacial score (nSPS) is 11.4. The van der Waals surface area contributed by atoms with Gasteiger partial charge in [0.05, 0.1) is 4.90 Å². The summed E-state index contributed by atoms with van der Waals surface area (Å²) in [4.78, 5) is 8.66. The van der Waals surface area contributed by atoms with Gasteiger partial charge < -0.3 is 5.32 Å². The Morgan fingerprint density at radius 1 is 0.812 bits per heavy atom. The fraction of sp³-hybridized carbons (Fsp3) is 0. The summed E-state index contributed by atoms with van der Waals surface area (Å²) in [6.07, 6.45) is 4.92. The van der Waals surface area contributed by atoms with E-state index in [1.807, 2.05) is 30.3 Å². The average molecular weight is 443 g/mol.